The van der Waals surface area contributed by atoms with Crippen molar-refractivity contribution in [3.8, 4) is 0 Å². The van der Waals surface area contributed by atoms with Crippen molar-refractivity contribution in [3.63, 3.8) is 0 Å². The van der Waals surface area contributed by atoms with E-state index in [0.717, 1.165) is 32.6 Å². The lowest BCUT2D eigenvalue weighted by atomic mass is 10.0. The predicted molar refractivity (Wildman–Crippen MR) is 121 cm³/mol. The summed E-state index contributed by atoms with van der Waals surface area (Å²) in [6.07, 6.45) is 4.77. The highest BCUT2D eigenvalue weighted by atomic mass is 16.5. The third kappa shape index (κ3) is 3.69. The number of ether oxygens (including phenoxy) is 1. The van der Waals surface area contributed by atoms with Crippen LogP contribution in [0.5, 0.6) is 0 Å². The molecule has 5 nitrogen and oxygen atoms in total. The molecule has 0 amide bonds. The molecule has 0 saturated carbocycles. The molecule has 0 aliphatic heterocycles. The maximum atomic E-state index is 12.4. The Morgan fingerprint density at radius 3 is 2.74 bits per heavy atom. The molecular weight excluding hydrogens is 390 g/mol. The predicted octanol–water partition coefficient (Wildman–Crippen LogP) is 5.25. The van der Waals surface area contributed by atoms with Gasteiger partial charge in [-0.05, 0) is 29.0 Å². The number of rotatable bonds is 4. The van der Waals surface area contributed by atoms with Gasteiger partial charge in [-0.25, -0.2) is 9.59 Å². The summed E-state index contributed by atoms with van der Waals surface area (Å²) in [5.41, 5.74) is 2.23. The minimum absolute atomic E-state index is 0.0347. The number of aromatic nitrogens is 1. The van der Waals surface area contributed by atoms with Crippen LogP contribution in [0.25, 0.3) is 38.7 Å². The lowest BCUT2D eigenvalue weighted by Gasteiger charge is -2.09. The van der Waals surface area contributed by atoms with Gasteiger partial charge in [-0.3, -0.25) is 4.98 Å². The molecule has 31 heavy (non-hydrogen) atoms. The van der Waals surface area contributed by atoms with Gasteiger partial charge in [0.2, 0.25) is 0 Å². The van der Waals surface area contributed by atoms with Crippen LogP contribution in [-0.2, 0) is 16.1 Å². The SMILES string of the molecule is O=C(/C=C/c1cccc2cccnc12)OCc1cc(=O)oc2ccc3ccccc3c12. The Morgan fingerprint density at radius 1 is 0.968 bits per heavy atom. The average molecular weight is 407 g/mol. The minimum Gasteiger partial charge on any atom is -0.458 e. The third-order valence-electron chi connectivity index (χ3n) is 5.15. The molecule has 5 aromatic rings. The van der Waals surface area contributed by atoms with Gasteiger partial charge >= 0.3 is 11.6 Å². The van der Waals surface area contributed by atoms with Gasteiger partial charge in [0, 0.05) is 40.2 Å². The van der Waals surface area contributed by atoms with Crippen molar-refractivity contribution in [2.24, 2.45) is 0 Å². The molecule has 2 aromatic heterocycles. The fourth-order valence-corrected chi connectivity index (χ4v) is 3.75. The number of carbonyl (C=O) groups excluding carboxylic acids is 1. The molecule has 0 atom stereocenters. The molecule has 0 aliphatic carbocycles. The second-order valence-electron chi connectivity index (χ2n) is 7.11. The second kappa shape index (κ2) is 7.88. The quantitative estimate of drug-likeness (QED) is 0.176. The topological polar surface area (TPSA) is 69.4 Å². The molecule has 5 rings (SSSR count). The van der Waals surface area contributed by atoms with Gasteiger partial charge < -0.3 is 9.15 Å². The van der Waals surface area contributed by atoms with Crippen molar-refractivity contribution in [1.29, 1.82) is 0 Å². The van der Waals surface area contributed by atoms with Crippen LogP contribution < -0.4 is 5.63 Å². The van der Waals surface area contributed by atoms with E-state index in [1.807, 2.05) is 60.7 Å². The van der Waals surface area contributed by atoms with Gasteiger partial charge in [-0.2, -0.15) is 0 Å². The van der Waals surface area contributed by atoms with Crippen LogP contribution in [0.1, 0.15) is 11.1 Å². The van der Waals surface area contributed by atoms with E-state index in [1.165, 1.54) is 12.1 Å². The standard InChI is InChI=1S/C26H17NO4/c28-23(13-11-19-7-3-6-18-8-4-14-27-26(18)19)30-16-20-15-24(29)31-22-12-10-17-5-1-2-9-21(17)25(20)22/h1-15H,16H2/b13-11+. The lowest BCUT2D eigenvalue weighted by molar-refractivity contribution is -0.138. The number of carbonyl (C=O) groups is 1. The van der Waals surface area contributed by atoms with Crippen LogP contribution in [0.2, 0.25) is 0 Å². The number of nitrogens with zero attached hydrogens (tertiary/aromatic N) is 1. The van der Waals surface area contributed by atoms with E-state index in [1.54, 1.807) is 18.3 Å². The summed E-state index contributed by atoms with van der Waals surface area (Å²) in [6.45, 7) is -0.0347. The number of pyridine rings is 1. The van der Waals surface area contributed by atoms with Crippen LogP contribution in [-0.4, -0.2) is 11.0 Å². The van der Waals surface area contributed by atoms with Crippen molar-refractivity contribution < 1.29 is 13.9 Å². The molecule has 150 valence electrons. The normalized spacial score (nSPS) is 11.5. The van der Waals surface area contributed by atoms with E-state index >= 15 is 0 Å². The molecular formula is C26H17NO4. The second-order valence-corrected chi connectivity index (χ2v) is 7.11. The first-order valence-corrected chi connectivity index (χ1v) is 9.82. The Morgan fingerprint density at radius 2 is 1.81 bits per heavy atom. The van der Waals surface area contributed by atoms with Crippen LogP contribution in [0.3, 0.4) is 0 Å². The first-order chi connectivity index (χ1) is 15.2. The zero-order chi connectivity index (χ0) is 21.2. The maximum Gasteiger partial charge on any atom is 0.336 e. The number of benzene rings is 3. The molecule has 0 spiro atoms. The minimum atomic E-state index is -0.505. The summed E-state index contributed by atoms with van der Waals surface area (Å²) in [7, 11) is 0. The number of hydrogen-bond acceptors (Lipinski definition) is 5. The average Bonchev–Trinajstić information content (AvgIpc) is 2.80. The van der Waals surface area contributed by atoms with Gasteiger partial charge in [0.05, 0.1) is 5.52 Å². The van der Waals surface area contributed by atoms with Gasteiger partial charge in [0.25, 0.3) is 0 Å². The van der Waals surface area contributed by atoms with Crippen molar-refractivity contribution in [2.75, 3.05) is 0 Å². The Balaban J connectivity index is 1.43. The third-order valence-corrected chi connectivity index (χ3v) is 5.15. The Labute approximate surface area is 177 Å². The highest BCUT2D eigenvalue weighted by Crippen LogP contribution is 2.27. The Hall–Kier alpha value is -4.25. The molecule has 5 heteroatoms. The zero-order valence-corrected chi connectivity index (χ0v) is 16.4. The zero-order valence-electron chi connectivity index (χ0n) is 16.4. The summed E-state index contributed by atoms with van der Waals surface area (Å²) in [5, 5.41) is 3.71. The summed E-state index contributed by atoms with van der Waals surface area (Å²) < 4.78 is 10.8. The number of esters is 1. The molecule has 2 heterocycles. The monoisotopic (exact) mass is 407 g/mol. The van der Waals surface area contributed by atoms with E-state index in [4.69, 9.17) is 9.15 Å². The molecule has 0 fully saturated rings. The van der Waals surface area contributed by atoms with Crippen molar-refractivity contribution in [1.82, 2.24) is 4.98 Å². The van der Waals surface area contributed by atoms with Crippen molar-refractivity contribution in [2.45, 2.75) is 6.61 Å². The molecule has 0 radical (unpaired) electrons. The highest BCUT2D eigenvalue weighted by Gasteiger charge is 2.11. The van der Waals surface area contributed by atoms with Crippen molar-refractivity contribution in [3.05, 3.63) is 107 Å². The molecule has 0 N–H and O–H groups in total. The van der Waals surface area contributed by atoms with Crippen molar-refractivity contribution >= 4 is 44.7 Å². The Bertz CT molecular complexity index is 1530. The number of hydrogen-bond donors (Lipinski definition) is 0. The molecule has 0 unspecified atom stereocenters. The summed E-state index contributed by atoms with van der Waals surface area (Å²) in [6, 6.07) is 22.4. The van der Waals surface area contributed by atoms with Gasteiger partial charge in [0.1, 0.15) is 12.2 Å². The van der Waals surface area contributed by atoms with Gasteiger partial charge in [-0.1, -0.05) is 54.6 Å². The van der Waals surface area contributed by atoms with Crippen LogP contribution in [0, 0.1) is 0 Å². The number of fused-ring (bicyclic) bond motifs is 4. The largest absolute Gasteiger partial charge is 0.458 e. The smallest absolute Gasteiger partial charge is 0.336 e. The lowest BCUT2D eigenvalue weighted by Crippen LogP contribution is -2.06. The summed E-state index contributed by atoms with van der Waals surface area (Å²) >= 11 is 0. The fourth-order valence-electron chi connectivity index (χ4n) is 3.75. The van der Waals surface area contributed by atoms with Gasteiger partial charge in [0.15, 0.2) is 0 Å². The molecule has 0 saturated heterocycles. The van der Waals surface area contributed by atoms with E-state index in [2.05, 4.69) is 4.98 Å². The molecule has 0 bridgehead atoms. The first-order valence-electron chi connectivity index (χ1n) is 9.82. The van der Waals surface area contributed by atoms with E-state index in [0.29, 0.717) is 11.1 Å². The molecule has 0 aliphatic rings. The van der Waals surface area contributed by atoms with Crippen LogP contribution in [0.4, 0.5) is 0 Å². The molecule has 3 aromatic carbocycles. The summed E-state index contributed by atoms with van der Waals surface area (Å²) in [5.74, 6) is -0.505. The Kier molecular flexibility index (Phi) is 4.77. The fraction of sp³-hybridized carbons (Fsp3) is 0.0385. The van der Waals surface area contributed by atoms with Gasteiger partial charge in [-0.15, -0.1) is 0 Å². The van der Waals surface area contributed by atoms with E-state index < -0.39 is 11.6 Å². The maximum absolute atomic E-state index is 12.4. The van der Waals surface area contributed by atoms with Crippen LogP contribution >= 0.6 is 0 Å². The van der Waals surface area contributed by atoms with E-state index in [9.17, 15) is 9.59 Å². The van der Waals surface area contributed by atoms with Crippen LogP contribution in [0.15, 0.2) is 94.3 Å². The number of para-hydroxylation sites is 1. The first kappa shape index (κ1) is 18.8. The summed E-state index contributed by atoms with van der Waals surface area (Å²) in [4.78, 5) is 28.7. The highest BCUT2D eigenvalue weighted by molar-refractivity contribution is 6.07. The van der Waals surface area contributed by atoms with E-state index in [-0.39, 0.29) is 6.61 Å².